The third-order valence-corrected chi connectivity index (χ3v) is 3.41. The van der Waals surface area contributed by atoms with Crippen molar-refractivity contribution in [2.75, 3.05) is 5.32 Å². The summed E-state index contributed by atoms with van der Waals surface area (Å²) in [4.78, 5) is 13.4. The molecule has 3 aromatic rings. The van der Waals surface area contributed by atoms with Crippen molar-refractivity contribution in [3.63, 3.8) is 0 Å². The van der Waals surface area contributed by atoms with Crippen molar-refractivity contribution < 1.29 is 0 Å². The molecule has 2 heterocycles. The van der Waals surface area contributed by atoms with Crippen molar-refractivity contribution in [2.24, 2.45) is 0 Å². The lowest BCUT2D eigenvalue weighted by Gasteiger charge is -2.04. The number of fused-ring (bicyclic) bond motifs is 1. The number of rotatable bonds is 3. The number of nitrogens with one attached hydrogen (secondary N) is 1. The molecule has 0 unspecified atom stereocenters. The SMILES string of the molecule is CC(C)Nc1nc(-c2ncc3ccccc3n2)cs1. The molecular formula is C14H14N4S. The molecular weight excluding hydrogens is 256 g/mol. The highest BCUT2D eigenvalue weighted by Crippen LogP contribution is 2.23. The van der Waals surface area contributed by atoms with Crippen molar-refractivity contribution in [3.8, 4) is 11.5 Å². The van der Waals surface area contributed by atoms with Gasteiger partial charge in [0.25, 0.3) is 0 Å². The van der Waals surface area contributed by atoms with Crippen LogP contribution in [0.25, 0.3) is 22.4 Å². The maximum Gasteiger partial charge on any atom is 0.183 e. The van der Waals surface area contributed by atoms with Crippen molar-refractivity contribution in [3.05, 3.63) is 35.8 Å². The second-order valence-corrected chi connectivity index (χ2v) is 5.45. The summed E-state index contributed by atoms with van der Waals surface area (Å²) in [5.74, 6) is 0.673. The van der Waals surface area contributed by atoms with Gasteiger partial charge in [0.2, 0.25) is 0 Å². The lowest BCUT2D eigenvalue weighted by molar-refractivity contribution is 0.896. The summed E-state index contributed by atoms with van der Waals surface area (Å²) in [7, 11) is 0. The van der Waals surface area contributed by atoms with Gasteiger partial charge in [-0.05, 0) is 19.9 Å². The van der Waals surface area contributed by atoms with Gasteiger partial charge in [0.1, 0.15) is 5.69 Å². The van der Waals surface area contributed by atoms with Gasteiger partial charge in [-0.15, -0.1) is 11.3 Å². The summed E-state index contributed by atoms with van der Waals surface area (Å²) < 4.78 is 0. The summed E-state index contributed by atoms with van der Waals surface area (Å²) in [5.41, 5.74) is 1.76. The van der Waals surface area contributed by atoms with Gasteiger partial charge in [-0.2, -0.15) is 0 Å². The quantitative estimate of drug-likeness (QED) is 0.790. The van der Waals surface area contributed by atoms with E-state index in [4.69, 9.17) is 0 Å². The molecule has 0 radical (unpaired) electrons. The first-order chi connectivity index (χ1) is 9.22. The van der Waals surface area contributed by atoms with Crippen LogP contribution < -0.4 is 5.32 Å². The van der Waals surface area contributed by atoms with Crippen LogP contribution in [0.15, 0.2) is 35.8 Å². The average Bonchev–Trinajstić information content (AvgIpc) is 2.86. The van der Waals surface area contributed by atoms with Gasteiger partial charge in [-0.1, -0.05) is 18.2 Å². The van der Waals surface area contributed by atoms with Gasteiger partial charge < -0.3 is 5.32 Å². The van der Waals surface area contributed by atoms with Gasteiger partial charge in [-0.25, -0.2) is 15.0 Å². The first-order valence-electron chi connectivity index (χ1n) is 6.16. The molecule has 1 N–H and O–H groups in total. The second-order valence-electron chi connectivity index (χ2n) is 4.59. The Morgan fingerprint density at radius 3 is 2.84 bits per heavy atom. The van der Waals surface area contributed by atoms with E-state index in [0.717, 1.165) is 21.7 Å². The van der Waals surface area contributed by atoms with Crippen LogP contribution in [0.4, 0.5) is 5.13 Å². The van der Waals surface area contributed by atoms with Crippen LogP contribution in [0.1, 0.15) is 13.8 Å². The smallest absolute Gasteiger partial charge is 0.183 e. The molecule has 0 saturated carbocycles. The summed E-state index contributed by atoms with van der Waals surface area (Å²) in [6.07, 6.45) is 1.84. The van der Waals surface area contributed by atoms with E-state index in [2.05, 4.69) is 34.1 Å². The highest BCUT2D eigenvalue weighted by atomic mass is 32.1. The Balaban J connectivity index is 1.97. The van der Waals surface area contributed by atoms with Crippen LogP contribution in [0.5, 0.6) is 0 Å². The molecule has 0 amide bonds. The molecule has 0 aliphatic rings. The number of thiazole rings is 1. The second kappa shape index (κ2) is 4.93. The van der Waals surface area contributed by atoms with Crippen LogP contribution in [-0.4, -0.2) is 21.0 Å². The monoisotopic (exact) mass is 270 g/mol. The number of para-hydroxylation sites is 1. The Labute approximate surface area is 115 Å². The van der Waals surface area contributed by atoms with Crippen molar-refractivity contribution in [1.82, 2.24) is 15.0 Å². The third kappa shape index (κ3) is 2.56. The Morgan fingerprint density at radius 2 is 2.00 bits per heavy atom. The average molecular weight is 270 g/mol. The first kappa shape index (κ1) is 12.0. The minimum Gasteiger partial charge on any atom is -0.359 e. The fourth-order valence-electron chi connectivity index (χ4n) is 1.79. The Kier molecular flexibility index (Phi) is 3.13. The lowest BCUT2D eigenvalue weighted by atomic mass is 10.2. The van der Waals surface area contributed by atoms with Gasteiger partial charge >= 0.3 is 0 Å². The molecule has 19 heavy (non-hydrogen) atoms. The maximum atomic E-state index is 4.54. The van der Waals surface area contributed by atoms with E-state index in [1.165, 1.54) is 0 Å². The summed E-state index contributed by atoms with van der Waals surface area (Å²) in [6.45, 7) is 4.18. The fraction of sp³-hybridized carbons (Fsp3) is 0.214. The molecule has 0 spiro atoms. The largest absolute Gasteiger partial charge is 0.359 e. The molecule has 0 fully saturated rings. The minimum absolute atomic E-state index is 0.372. The molecule has 96 valence electrons. The highest BCUT2D eigenvalue weighted by Gasteiger charge is 2.08. The minimum atomic E-state index is 0.372. The molecule has 0 aliphatic carbocycles. The van der Waals surface area contributed by atoms with Crippen LogP contribution in [-0.2, 0) is 0 Å². The van der Waals surface area contributed by atoms with E-state index in [1.54, 1.807) is 11.3 Å². The van der Waals surface area contributed by atoms with E-state index >= 15 is 0 Å². The van der Waals surface area contributed by atoms with Crippen molar-refractivity contribution in [2.45, 2.75) is 19.9 Å². The molecule has 4 nitrogen and oxygen atoms in total. The Hall–Kier alpha value is -2.01. The highest BCUT2D eigenvalue weighted by molar-refractivity contribution is 7.14. The Morgan fingerprint density at radius 1 is 1.16 bits per heavy atom. The van der Waals surface area contributed by atoms with Crippen LogP contribution in [0.2, 0.25) is 0 Å². The first-order valence-corrected chi connectivity index (χ1v) is 7.04. The summed E-state index contributed by atoms with van der Waals surface area (Å²) >= 11 is 1.58. The number of hydrogen-bond acceptors (Lipinski definition) is 5. The molecule has 0 saturated heterocycles. The van der Waals surface area contributed by atoms with Gasteiger partial charge in [0, 0.05) is 23.0 Å². The number of hydrogen-bond donors (Lipinski definition) is 1. The topological polar surface area (TPSA) is 50.7 Å². The number of aromatic nitrogens is 3. The molecule has 2 aromatic heterocycles. The molecule has 1 aromatic carbocycles. The maximum absolute atomic E-state index is 4.54. The molecule has 0 aliphatic heterocycles. The van der Waals surface area contributed by atoms with Gasteiger partial charge in [-0.3, -0.25) is 0 Å². The zero-order valence-corrected chi connectivity index (χ0v) is 11.6. The summed E-state index contributed by atoms with van der Waals surface area (Å²) in [5, 5.41) is 7.21. The zero-order chi connectivity index (χ0) is 13.2. The van der Waals surface area contributed by atoms with E-state index in [0.29, 0.717) is 11.9 Å². The zero-order valence-electron chi connectivity index (χ0n) is 10.8. The number of nitrogens with zero attached hydrogens (tertiary/aromatic N) is 3. The van der Waals surface area contributed by atoms with Crippen LogP contribution in [0.3, 0.4) is 0 Å². The molecule has 5 heteroatoms. The van der Waals surface area contributed by atoms with Crippen LogP contribution in [0, 0.1) is 0 Å². The molecule has 3 rings (SSSR count). The van der Waals surface area contributed by atoms with Crippen molar-refractivity contribution >= 4 is 27.4 Å². The lowest BCUT2D eigenvalue weighted by Crippen LogP contribution is -2.09. The normalized spacial score (nSPS) is 11.1. The van der Waals surface area contributed by atoms with Gasteiger partial charge in [0.05, 0.1) is 5.52 Å². The van der Waals surface area contributed by atoms with E-state index < -0.39 is 0 Å². The summed E-state index contributed by atoms with van der Waals surface area (Å²) in [6, 6.07) is 8.33. The van der Waals surface area contributed by atoms with Crippen molar-refractivity contribution in [1.29, 1.82) is 0 Å². The Bertz CT molecular complexity index is 705. The number of benzene rings is 1. The number of anilines is 1. The molecule has 0 bridgehead atoms. The van der Waals surface area contributed by atoms with E-state index in [1.807, 2.05) is 35.8 Å². The predicted octanol–water partition coefficient (Wildman–Crippen LogP) is 3.57. The predicted molar refractivity (Wildman–Crippen MR) is 79.4 cm³/mol. The van der Waals surface area contributed by atoms with Gasteiger partial charge in [0.15, 0.2) is 11.0 Å². The molecule has 0 atom stereocenters. The fourth-order valence-corrected chi connectivity index (χ4v) is 2.62. The van der Waals surface area contributed by atoms with E-state index in [-0.39, 0.29) is 0 Å². The standard InChI is InChI=1S/C14H14N4S/c1-9(2)16-14-18-12(8-19-14)13-15-7-10-5-3-4-6-11(10)17-13/h3-9H,1-2H3,(H,16,18). The van der Waals surface area contributed by atoms with Crippen LogP contribution >= 0.6 is 11.3 Å². The van der Waals surface area contributed by atoms with E-state index in [9.17, 15) is 0 Å². The third-order valence-electron chi connectivity index (χ3n) is 2.63.